The average molecular weight is 392 g/mol. The summed E-state index contributed by atoms with van der Waals surface area (Å²) >= 11 is 0. The highest BCUT2D eigenvalue weighted by molar-refractivity contribution is 7.89. The molecule has 5 nitrogen and oxygen atoms in total. The molecule has 6 heteroatoms. The van der Waals surface area contributed by atoms with Crippen molar-refractivity contribution >= 4 is 16.0 Å². The molecule has 0 radical (unpaired) electrons. The fraction of sp³-hybridized carbons (Fsp3) is 0.571. The van der Waals surface area contributed by atoms with Crippen LogP contribution in [0.4, 0.5) is 0 Å². The van der Waals surface area contributed by atoms with E-state index in [2.05, 4.69) is 12.2 Å². The standard InChI is InChI=1S/C21H29NO4S/c1-16-8-9-20(17(2)14-16)27(24,25)22-12-10-19(11-13-22)21(23)26-15-18-6-4-3-5-7-18/h3-4,8-9,14,18-19H,5-7,10-13,15H2,1-2H3. The van der Waals surface area contributed by atoms with Crippen LogP contribution in [0.5, 0.6) is 0 Å². The van der Waals surface area contributed by atoms with E-state index in [1.165, 1.54) is 4.31 Å². The molecule has 0 saturated carbocycles. The Morgan fingerprint density at radius 3 is 2.52 bits per heavy atom. The van der Waals surface area contributed by atoms with E-state index < -0.39 is 10.0 Å². The van der Waals surface area contributed by atoms with E-state index in [0.717, 1.165) is 30.4 Å². The maximum Gasteiger partial charge on any atom is 0.309 e. The van der Waals surface area contributed by atoms with Gasteiger partial charge in [0.15, 0.2) is 0 Å². The van der Waals surface area contributed by atoms with Crippen molar-refractivity contribution in [2.75, 3.05) is 19.7 Å². The van der Waals surface area contributed by atoms with Gasteiger partial charge in [0.2, 0.25) is 10.0 Å². The van der Waals surface area contributed by atoms with E-state index in [0.29, 0.717) is 43.4 Å². The number of rotatable bonds is 5. The molecule has 1 unspecified atom stereocenters. The summed E-state index contributed by atoms with van der Waals surface area (Å²) in [7, 11) is -3.51. The molecule has 27 heavy (non-hydrogen) atoms. The minimum Gasteiger partial charge on any atom is -0.465 e. The molecule has 0 spiro atoms. The second-order valence-corrected chi connectivity index (χ2v) is 9.63. The van der Waals surface area contributed by atoms with Gasteiger partial charge in [-0.2, -0.15) is 4.31 Å². The van der Waals surface area contributed by atoms with E-state index >= 15 is 0 Å². The predicted molar refractivity (Wildman–Crippen MR) is 105 cm³/mol. The Labute approximate surface area is 162 Å². The fourth-order valence-electron chi connectivity index (χ4n) is 3.89. The van der Waals surface area contributed by atoms with E-state index in [4.69, 9.17) is 4.74 Å². The van der Waals surface area contributed by atoms with E-state index in [1.54, 1.807) is 6.07 Å². The van der Waals surface area contributed by atoms with Crippen LogP contribution >= 0.6 is 0 Å². The van der Waals surface area contributed by atoms with Crippen LogP contribution in [0.25, 0.3) is 0 Å². The molecule has 1 aliphatic carbocycles. The minimum atomic E-state index is -3.51. The number of hydrogen-bond acceptors (Lipinski definition) is 4. The van der Waals surface area contributed by atoms with Gasteiger partial charge >= 0.3 is 5.97 Å². The number of sulfonamides is 1. The van der Waals surface area contributed by atoms with Crippen LogP contribution in [0.2, 0.25) is 0 Å². The smallest absolute Gasteiger partial charge is 0.309 e. The molecule has 0 aromatic heterocycles. The van der Waals surface area contributed by atoms with Crippen LogP contribution in [-0.4, -0.2) is 38.4 Å². The SMILES string of the molecule is Cc1ccc(S(=O)(=O)N2CCC(C(=O)OCC3CC=CCC3)CC2)c(C)c1. The van der Waals surface area contributed by atoms with Gasteiger partial charge in [0.05, 0.1) is 17.4 Å². The Morgan fingerprint density at radius 2 is 1.89 bits per heavy atom. The van der Waals surface area contributed by atoms with Crippen molar-refractivity contribution in [3.05, 3.63) is 41.5 Å². The van der Waals surface area contributed by atoms with Gasteiger partial charge in [-0.3, -0.25) is 4.79 Å². The number of carbonyl (C=O) groups excluding carboxylic acids is 1. The molecule has 1 fully saturated rings. The number of allylic oxidation sites excluding steroid dienone is 2. The predicted octanol–water partition coefficient (Wildman–Crippen LogP) is 3.60. The van der Waals surface area contributed by atoms with Crippen LogP contribution in [0.3, 0.4) is 0 Å². The summed E-state index contributed by atoms with van der Waals surface area (Å²) in [5.41, 5.74) is 1.81. The maximum absolute atomic E-state index is 12.9. The van der Waals surface area contributed by atoms with Gasteiger partial charge in [0, 0.05) is 13.1 Å². The molecular formula is C21H29NO4S. The summed E-state index contributed by atoms with van der Waals surface area (Å²) in [6.07, 6.45) is 8.46. The molecular weight excluding hydrogens is 362 g/mol. The van der Waals surface area contributed by atoms with Gasteiger partial charge in [0.1, 0.15) is 0 Å². The second-order valence-electron chi connectivity index (χ2n) is 7.73. The first-order chi connectivity index (χ1) is 12.9. The Kier molecular flexibility index (Phi) is 6.37. The van der Waals surface area contributed by atoms with Crippen LogP contribution < -0.4 is 0 Å². The third-order valence-corrected chi connectivity index (χ3v) is 7.63. The van der Waals surface area contributed by atoms with Gasteiger partial charge in [-0.15, -0.1) is 0 Å². The van der Waals surface area contributed by atoms with Crippen molar-refractivity contribution in [3.8, 4) is 0 Å². The fourth-order valence-corrected chi connectivity index (χ4v) is 5.56. The third kappa shape index (κ3) is 4.79. The lowest BCUT2D eigenvalue weighted by atomic mass is 9.95. The van der Waals surface area contributed by atoms with Crippen LogP contribution in [0, 0.1) is 25.7 Å². The van der Waals surface area contributed by atoms with Crippen LogP contribution in [0.15, 0.2) is 35.2 Å². The zero-order valence-corrected chi connectivity index (χ0v) is 17.0. The van der Waals surface area contributed by atoms with Crippen molar-refractivity contribution in [1.82, 2.24) is 4.31 Å². The number of esters is 1. The molecule has 148 valence electrons. The summed E-state index contributed by atoms with van der Waals surface area (Å²) in [5.74, 6) is 0.0479. The molecule has 3 rings (SSSR count). The topological polar surface area (TPSA) is 63.7 Å². The Morgan fingerprint density at radius 1 is 1.15 bits per heavy atom. The summed E-state index contributed by atoms with van der Waals surface area (Å²) in [6, 6.07) is 5.39. The van der Waals surface area contributed by atoms with Crippen LogP contribution in [0.1, 0.15) is 43.2 Å². The zero-order chi connectivity index (χ0) is 19.4. The first-order valence-corrected chi connectivity index (χ1v) is 11.2. The lowest BCUT2D eigenvalue weighted by molar-refractivity contribution is -0.151. The molecule has 0 bridgehead atoms. The van der Waals surface area contributed by atoms with Crippen molar-refractivity contribution in [1.29, 1.82) is 0 Å². The number of ether oxygens (including phenoxy) is 1. The lowest BCUT2D eigenvalue weighted by Crippen LogP contribution is -2.41. The van der Waals surface area contributed by atoms with Crippen molar-refractivity contribution in [2.24, 2.45) is 11.8 Å². The molecule has 0 amide bonds. The maximum atomic E-state index is 12.9. The lowest BCUT2D eigenvalue weighted by Gasteiger charge is -2.31. The van der Waals surface area contributed by atoms with E-state index in [1.807, 2.05) is 26.0 Å². The Hall–Kier alpha value is -1.66. The zero-order valence-electron chi connectivity index (χ0n) is 16.2. The molecule has 2 aliphatic rings. The molecule has 1 aromatic rings. The highest BCUT2D eigenvalue weighted by Gasteiger charge is 2.33. The number of piperidine rings is 1. The van der Waals surface area contributed by atoms with E-state index in [-0.39, 0.29) is 11.9 Å². The van der Waals surface area contributed by atoms with Crippen molar-refractivity contribution in [2.45, 2.75) is 50.8 Å². The number of benzene rings is 1. The summed E-state index contributed by atoms with van der Waals surface area (Å²) in [4.78, 5) is 12.7. The highest BCUT2D eigenvalue weighted by atomic mass is 32.2. The van der Waals surface area contributed by atoms with Gasteiger partial charge in [-0.05, 0) is 63.5 Å². The number of nitrogens with zero attached hydrogens (tertiary/aromatic N) is 1. The van der Waals surface area contributed by atoms with Crippen molar-refractivity contribution < 1.29 is 17.9 Å². The van der Waals surface area contributed by atoms with Gasteiger partial charge in [-0.25, -0.2) is 8.42 Å². The average Bonchev–Trinajstić information content (AvgIpc) is 2.66. The molecule has 1 aromatic carbocycles. The number of aryl methyl sites for hydroxylation is 2. The third-order valence-electron chi connectivity index (χ3n) is 5.57. The quantitative estimate of drug-likeness (QED) is 0.568. The largest absolute Gasteiger partial charge is 0.465 e. The summed E-state index contributed by atoms with van der Waals surface area (Å²) in [6.45, 7) is 4.97. The van der Waals surface area contributed by atoms with E-state index in [9.17, 15) is 13.2 Å². The molecule has 0 N–H and O–H groups in total. The number of carbonyl (C=O) groups is 1. The summed E-state index contributed by atoms with van der Waals surface area (Å²) < 4.78 is 32.9. The monoisotopic (exact) mass is 391 g/mol. The molecule has 1 saturated heterocycles. The number of hydrogen-bond donors (Lipinski definition) is 0. The molecule has 1 aliphatic heterocycles. The van der Waals surface area contributed by atoms with Gasteiger partial charge in [0.25, 0.3) is 0 Å². The minimum absolute atomic E-state index is 0.173. The molecule has 1 heterocycles. The van der Waals surface area contributed by atoms with Crippen molar-refractivity contribution in [3.63, 3.8) is 0 Å². The summed E-state index contributed by atoms with van der Waals surface area (Å²) in [5, 5.41) is 0. The Bertz CT molecular complexity index is 807. The first kappa shape index (κ1) is 20.1. The molecule has 1 atom stereocenters. The van der Waals surface area contributed by atoms with Gasteiger partial charge in [-0.1, -0.05) is 29.8 Å². The van der Waals surface area contributed by atoms with Crippen LogP contribution in [-0.2, 0) is 19.6 Å². The second kappa shape index (κ2) is 8.57. The normalized spacial score (nSPS) is 21.9. The first-order valence-electron chi connectivity index (χ1n) is 9.77. The van der Waals surface area contributed by atoms with Gasteiger partial charge < -0.3 is 4.74 Å². The Balaban J connectivity index is 1.54. The highest BCUT2D eigenvalue weighted by Crippen LogP contribution is 2.27.